The summed E-state index contributed by atoms with van der Waals surface area (Å²) in [5, 5.41) is 0.635. The highest BCUT2D eigenvalue weighted by Gasteiger charge is 2.32. The van der Waals surface area contributed by atoms with Gasteiger partial charge in [-0.15, -0.1) is 0 Å². The SMILES string of the molecule is O=C(c1ccc(C(F)(F)F)cn1)N(CCBr)C1CCC1. The molecule has 1 aliphatic rings. The zero-order valence-electron chi connectivity index (χ0n) is 10.7. The number of carbonyl (C=O) groups excluding carboxylic acids is 1. The van der Waals surface area contributed by atoms with Crippen molar-refractivity contribution in [1.82, 2.24) is 9.88 Å². The molecule has 1 aromatic heterocycles. The van der Waals surface area contributed by atoms with Crippen molar-refractivity contribution in [3.8, 4) is 0 Å². The van der Waals surface area contributed by atoms with E-state index in [1.54, 1.807) is 4.90 Å². The van der Waals surface area contributed by atoms with Crippen LogP contribution in [0.15, 0.2) is 18.3 Å². The molecule has 110 valence electrons. The van der Waals surface area contributed by atoms with Gasteiger partial charge in [0.2, 0.25) is 0 Å². The zero-order valence-corrected chi connectivity index (χ0v) is 12.2. The number of rotatable bonds is 4. The van der Waals surface area contributed by atoms with E-state index in [0.717, 1.165) is 31.4 Å². The summed E-state index contributed by atoms with van der Waals surface area (Å²) in [5.41, 5.74) is -0.782. The Morgan fingerprint density at radius 3 is 2.50 bits per heavy atom. The van der Waals surface area contributed by atoms with Gasteiger partial charge in [0.25, 0.3) is 5.91 Å². The standard InChI is InChI=1S/C13H14BrF3N2O/c14-6-7-19(10-2-1-3-10)12(20)11-5-4-9(8-18-11)13(15,16)17/h4-5,8,10H,1-3,6-7H2. The highest BCUT2D eigenvalue weighted by atomic mass is 79.9. The lowest BCUT2D eigenvalue weighted by molar-refractivity contribution is -0.137. The summed E-state index contributed by atoms with van der Waals surface area (Å²) in [7, 11) is 0. The van der Waals surface area contributed by atoms with E-state index in [2.05, 4.69) is 20.9 Å². The predicted molar refractivity (Wildman–Crippen MR) is 71.7 cm³/mol. The molecule has 1 heterocycles. The third kappa shape index (κ3) is 3.31. The van der Waals surface area contributed by atoms with Gasteiger partial charge in [0.05, 0.1) is 5.56 Å². The lowest BCUT2D eigenvalue weighted by Crippen LogP contribution is -2.45. The number of pyridine rings is 1. The van der Waals surface area contributed by atoms with Gasteiger partial charge in [-0.2, -0.15) is 13.2 Å². The van der Waals surface area contributed by atoms with Crippen LogP contribution in [0.1, 0.15) is 35.3 Å². The molecule has 0 atom stereocenters. The Bertz CT molecular complexity index is 471. The van der Waals surface area contributed by atoms with Gasteiger partial charge in [0, 0.05) is 24.1 Å². The maximum atomic E-state index is 12.5. The molecule has 0 N–H and O–H groups in total. The summed E-state index contributed by atoms with van der Waals surface area (Å²) in [6.45, 7) is 0.534. The molecule has 0 aliphatic heterocycles. The Hall–Kier alpha value is -1.11. The van der Waals surface area contributed by atoms with Gasteiger partial charge in [-0.1, -0.05) is 15.9 Å². The smallest absolute Gasteiger partial charge is 0.333 e. The van der Waals surface area contributed by atoms with Gasteiger partial charge in [-0.05, 0) is 31.4 Å². The van der Waals surface area contributed by atoms with Crippen LogP contribution < -0.4 is 0 Å². The number of hydrogen-bond donors (Lipinski definition) is 0. The summed E-state index contributed by atoms with van der Waals surface area (Å²) in [4.78, 5) is 17.6. The minimum atomic E-state index is -4.43. The first-order valence-corrected chi connectivity index (χ1v) is 7.46. The normalized spacial score (nSPS) is 15.8. The molecule has 0 aromatic carbocycles. The van der Waals surface area contributed by atoms with Gasteiger partial charge in [-0.25, -0.2) is 0 Å². The Morgan fingerprint density at radius 2 is 2.10 bits per heavy atom. The molecular weight excluding hydrogens is 337 g/mol. The molecule has 1 amide bonds. The molecule has 0 spiro atoms. The molecule has 0 unspecified atom stereocenters. The van der Waals surface area contributed by atoms with E-state index in [1.165, 1.54) is 0 Å². The van der Waals surface area contributed by atoms with Crippen LogP contribution in [0.4, 0.5) is 13.2 Å². The third-order valence-corrected chi connectivity index (χ3v) is 3.77. The molecule has 1 aliphatic carbocycles. The average Bonchev–Trinajstić information content (AvgIpc) is 2.34. The van der Waals surface area contributed by atoms with Gasteiger partial charge in [0.15, 0.2) is 0 Å². The molecule has 3 nitrogen and oxygen atoms in total. The van der Waals surface area contributed by atoms with E-state index < -0.39 is 11.7 Å². The number of nitrogens with zero attached hydrogens (tertiary/aromatic N) is 2. The first-order chi connectivity index (χ1) is 9.43. The predicted octanol–water partition coefficient (Wildman–Crippen LogP) is 3.49. The lowest BCUT2D eigenvalue weighted by atomic mass is 9.91. The van der Waals surface area contributed by atoms with E-state index >= 15 is 0 Å². The number of amides is 1. The summed E-state index contributed by atoms with van der Waals surface area (Å²) in [6, 6.07) is 2.22. The van der Waals surface area contributed by atoms with Crippen molar-refractivity contribution in [2.75, 3.05) is 11.9 Å². The second-order valence-electron chi connectivity index (χ2n) is 4.70. The quantitative estimate of drug-likeness (QED) is 0.778. The largest absolute Gasteiger partial charge is 0.417 e. The molecule has 0 saturated heterocycles. The highest BCUT2D eigenvalue weighted by Crippen LogP contribution is 2.29. The maximum absolute atomic E-state index is 12.5. The summed E-state index contributed by atoms with van der Waals surface area (Å²) in [5.74, 6) is -0.303. The van der Waals surface area contributed by atoms with Crippen LogP contribution in [0.2, 0.25) is 0 Å². The summed E-state index contributed by atoms with van der Waals surface area (Å²) in [6.07, 6.45) is -0.756. The van der Waals surface area contributed by atoms with Gasteiger partial charge in [-0.3, -0.25) is 9.78 Å². The highest BCUT2D eigenvalue weighted by molar-refractivity contribution is 9.09. The molecular formula is C13H14BrF3N2O. The molecule has 20 heavy (non-hydrogen) atoms. The van der Waals surface area contributed by atoms with E-state index in [9.17, 15) is 18.0 Å². The summed E-state index contributed by atoms with van der Waals surface area (Å²) >= 11 is 3.29. The van der Waals surface area contributed by atoms with Crippen molar-refractivity contribution < 1.29 is 18.0 Å². The van der Waals surface area contributed by atoms with Crippen LogP contribution in [0, 0.1) is 0 Å². The third-order valence-electron chi connectivity index (χ3n) is 3.41. The van der Waals surface area contributed by atoms with Crippen LogP contribution in [-0.2, 0) is 6.18 Å². The fourth-order valence-corrected chi connectivity index (χ4v) is 2.46. The van der Waals surface area contributed by atoms with Crippen LogP contribution in [-0.4, -0.2) is 33.7 Å². The molecule has 2 rings (SSSR count). The second-order valence-corrected chi connectivity index (χ2v) is 5.50. The maximum Gasteiger partial charge on any atom is 0.417 e. The number of halogens is 4. The molecule has 0 radical (unpaired) electrons. The van der Waals surface area contributed by atoms with E-state index in [4.69, 9.17) is 0 Å². The number of carbonyl (C=O) groups is 1. The van der Waals surface area contributed by atoms with E-state index in [0.29, 0.717) is 18.1 Å². The van der Waals surface area contributed by atoms with Crippen LogP contribution in [0.25, 0.3) is 0 Å². The van der Waals surface area contributed by atoms with E-state index in [-0.39, 0.29) is 17.6 Å². The van der Waals surface area contributed by atoms with Gasteiger partial charge >= 0.3 is 6.18 Å². The Balaban J connectivity index is 2.14. The molecule has 7 heteroatoms. The van der Waals surface area contributed by atoms with E-state index in [1.807, 2.05) is 0 Å². The van der Waals surface area contributed by atoms with Crippen molar-refractivity contribution in [3.63, 3.8) is 0 Å². The number of alkyl halides is 4. The number of hydrogen-bond acceptors (Lipinski definition) is 2. The van der Waals surface area contributed by atoms with Crippen LogP contribution in [0.3, 0.4) is 0 Å². The fraction of sp³-hybridized carbons (Fsp3) is 0.538. The van der Waals surface area contributed by atoms with Gasteiger partial charge in [0.1, 0.15) is 5.69 Å². The Labute approximate surface area is 123 Å². The van der Waals surface area contributed by atoms with Crippen molar-refractivity contribution >= 4 is 21.8 Å². The Morgan fingerprint density at radius 1 is 1.40 bits per heavy atom. The van der Waals surface area contributed by atoms with Crippen molar-refractivity contribution in [2.24, 2.45) is 0 Å². The minimum absolute atomic E-state index is 0.0610. The van der Waals surface area contributed by atoms with Crippen LogP contribution >= 0.6 is 15.9 Å². The van der Waals surface area contributed by atoms with Crippen molar-refractivity contribution in [1.29, 1.82) is 0 Å². The summed E-state index contributed by atoms with van der Waals surface area (Å²) < 4.78 is 37.4. The fourth-order valence-electron chi connectivity index (χ4n) is 2.07. The molecule has 0 bridgehead atoms. The molecule has 1 saturated carbocycles. The topological polar surface area (TPSA) is 33.2 Å². The second kappa shape index (κ2) is 6.11. The molecule has 1 fully saturated rings. The average molecular weight is 351 g/mol. The monoisotopic (exact) mass is 350 g/mol. The van der Waals surface area contributed by atoms with Crippen molar-refractivity contribution in [2.45, 2.75) is 31.5 Å². The molecule has 1 aromatic rings. The minimum Gasteiger partial charge on any atom is -0.333 e. The first kappa shape index (κ1) is 15.3. The first-order valence-electron chi connectivity index (χ1n) is 6.33. The number of aromatic nitrogens is 1. The zero-order chi connectivity index (χ0) is 14.8. The Kier molecular flexibility index (Phi) is 4.67. The van der Waals surface area contributed by atoms with Crippen molar-refractivity contribution in [3.05, 3.63) is 29.6 Å². The van der Waals surface area contributed by atoms with Gasteiger partial charge < -0.3 is 4.90 Å². The lowest BCUT2D eigenvalue weighted by Gasteiger charge is -2.37. The van der Waals surface area contributed by atoms with Crippen LogP contribution in [0.5, 0.6) is 0 Å².